The lowest BCUT2D eigenvalue weighted by molar-refractivity contribution is -0.119. The van der Waals surface area contributed by atoms with Crippen molar-refractivity contribution in [2.45, 2.75) is 32.4 Å². The summed E-state index contributed by atoms with van der Waals surface area (Å²) in [6.07, 6.45) is 2.26. The molecule has 0 aliphatic heterocycles. The highest BCUT2D eigenvalue weighted by Crippen LogP contribution is 2.21. The minimum Gasteiger partial charge on any atom is -0.365 e. The molecular weight excluding hydrogens is 238 g/mol. The van der Waals surface area contributed by atoms with Crippen molar-refractivity contribution < 1.29 is 4.79 Å². The summed E-state index contributed by atoms with van der Waals surface area (Å²) in [6, 6.07) is 6.79. The Kier molecular flexibility index (Phi) is 4.43. The molecule has 1 aliphatic carbocycles. The number of carbonyl (C=O) groups excluding carboxylic acids is 1. The van der Waals surface area contributed by atoms with E-state index < -0.39 is 0 Å². The van der Waals surface area contributed by atoms with Crippen LogP contribution < -0.4 is 15.5 Å². The number of carbonyl (C=O) groups is 1. The first kappa shape index (κ1) is 13.9. The SMILES string of the molecule is CNCc1ccc(N(C)CC(=O)NC2CC2)c(C)c1. The summed E-state index contributed by atoms with van der Waals surface area (Å²) in [5.74, 6) is 0.115. The number of likely N-dealkylation sites (N-methyl/N-ethyl adjacent to an activating group) is 1. The van der Waals surface area contributed by atoms with Gasteiger partial charge in [-0.2, -0.15) is 0 Å². The molecule has 1 saturated carbocycles. The van der Waals surface area contributed by atoms with Gasteiger partial charge in [-0.3, -0.25) is 4.79 Å². The van der Waals surface area contributed by atoms with E-state index in [4.69, 9.17) is 0 Å². The molecule has 0 heterocycles. The number of amides is 1. The molecule has 0 unspecified atom stereocenters. The lowest BCUT2D eigenvalue weighted by Crippen LogP contribution is -2.36. The third-order valence-electron chi connectivity index (χ3n) is 3.38. The van der Waals surface area contributed by atoms with Gasteiger partial charge in [-0.05, 0) is 44.0 Å². The summed E-state index contributed by atoms with van der Waals surface area (Å²) in [5.41, 5.74) is 3.58. The Morgan fingerprint density at radius 1 is 1.42 bits per heavy atom. The third-order valence-corrected chi connectivity index (χ3v) is 3.38. The Bertz CT molecular complexity index is 455. The Morgan fingerprint density at radius 2 is 2.16 bits per heavy atom. The highest BCUT2D eigenvalue weighted by molar-refractivity contribution is 5.82. The lowest BCUT2D eigenvalue weighted by Gasteiger charge is -2.21. The fourth-order valence-electron chi connectivity index (χ4n) is 2.26. The molecule has 19 heavy (non-hydrogen) atoms. The van der Waals surface area contributed by atoms with E-state index in [1.165, 1.54) is 11.1 Å². The molecular formula is C15H23N3O. The van der Waals surface area contributed by atoms with E-state index in [9.17, 15) is 4.79 Å². The van der Waals surface area contributed by atoms with Crippen molar-refractivity contribution in [2.24, 2.45) is 0 Å². The van der Waals surface area contributed by atoms with E-state index in [-0.39, 0.29) is 5.91 Å². The normalized spacial score (nSPS) is 14.3. The maximum absolute atomic E-state index is 11.8. The number of aryl methyl sites for hydroxylation is 1. The van der Waals surface area contributed by atoms with Crippen LogP contribution in [0.4, 0.5) is 5.69 Å². The molecule has 2 rings (SSSR count). The maximum atomic E-state index is 11.8. The van der Waals surface area contributed by atoms with Gasteiger partial charge in [0, 0.05) is 25.3 Å². The summed E-state index contributed by atoms with van der Waals surface area (Å²) in [4.78, 5) is 13.8. The number of rotatable bonds is 6. The summed E-state index contributed by atoms with van der Waals surface area (Å²) in [5, 5.41) is 6.16. The molecule has 1 aromatic rings. The van der Waals surface area contributed by atoms with E-state index in [0.29, 0.717) is 12.6 Å². The van der Waals surface area contributed by atoms with E-state index in [0.717, 1.165) is 25.1 Å². The van der Waals surface area contributed by atoms with Gasteiger partial charge >= 0.3 is 0 Å². The predicted octanol–water partition coefficient (Wildman–Crippen LogP) is 1.43. The van der Waals surface area contributed by atoms with Crippen molar-refractivity contribution in [1.82, 2.24) is 10.6 Å². The first-order valence-corrected chi connectivity index (χ1v) is 6.85. The quantitative estimate of drug-likeness (QED) is 0.814. The Balaban J connectivity index is 1.97. The van der Waals surface area contributed by atoms with E-state index in [1.54, 1.807) is 0 Å². The zero-order chi connectivity index (χ0) is 13.8. The molecule has 4 nitrogen and oxygen atoms in total. The monoisotopic (exact) mass is 261 g/mol. The molecule has 1 aliphatic rings. The fraction of sp³-hybridized carbons (Fsp3) is 0.533. The molecule has 1 fully saturated rings. The highest BCUT2D eigenvalue weighted by Gasteiger charge is 2.23. The van der Waals surface area contributed by atoms with Crippen molar-refractivity contribution in [3.8, 4) is 0 Å². The molecule has 0 atom stereocenters. The summed E-state index contributed by atoms with van der Waals surface area (Å²) in [7, 11) is 3.91. The zero-order valence-electron chi connectivity index (χ0n) is 12.0. The Hall–Kier alpha value is -1.55. The third kappa shape index (κ3) is 3.96. The van der Waals surface area contributed by atoms with Gasteiger partial charge in [-0.25, -0.2) is 0 Å². The standard InChI is InChI=1S/C15H23N3O/c1-11-8-12(9-16-2)4-7-14(11)18(3)10-15(19)17-13-5-6-13/h4,7-8,13,16H,5-6,9-10H2,1-3H3,(H,17,19). The maximum Gasteiger partial charge on any atom is 0.239 e. The van der Waals surface area contributed by atoms with Gasteiger partial charge in [-0.15, -0.1) is 0 Å². The van der Waals surface area contributed by atoms with Crippen molar-refractivity contribution in [3.05, 3.63) is 29.3 Å². The molecule has 1 amide bonds. The van der Waals surface area contributed by atoms with Crippen LogP contribution >= 0.6 is 0 Å². The predicted molar refractivity (Wildman–Crippen MR) is 78.4 cm³/mol. The minimum atomic E-state index is 0.115. The summed E-state index contributed by atoms with van der Waals surface area (Å²) in [6.45, 7) is 3.37. The van der Waals surface area contributed by atoms with E-state index >= 15 is 0 Å². The smallest absolute Gasteiger partial charge is 0.239 e. The summed E-state index contributed by atoms with van der Waals surface area (Å²) < 4.78 is 0. The van der Waals surface area contributed by atoms with Crippen LogP contribution in [0.5, 0.6) is 0 Å². The van der Waals surface area contributed by atoms with Gasteiger partial charge < -0.3 is 15.5 Å². The molecule has 104 valence electrons. The number of nitrogens with one attached hydrogen (secondary N) is 2. The second-order valence-electron chi connectivity index (χ2n) is 5.35. The van der Waals surface area contributed by atoms with Crippen LogP contribution in [0.15, 0.2) is 18.2 Å². The van der Waals surface area contributed by atoms with Crippen molar-refractivity contribution >= 4 is 11.6 Å². The second kappa shape index (κ2) is 6.06. The van der Waals surface area contributed by atoms with Crippen LogP contribution in [0, 0.1) is 6.92 Å². The number of hydrogen-bond acceptors (Lipinski definition) is 3. The average Bonchev–Trinajstić information content (AvgIpc) is 3.13. The van der Waals surface area contributed by atoms with Crippen LogP contribution in [0.3, 0.4) is 0 Å². The number of hydrogen-bond donors (Lipinski definition) is 2. The van der Waals surface area contributed by atoms with Crippen LogP contribution in [-0.4, -0.2) is 32.6 Å². The van der Waals surface area contributed by atoms with Gasteiger partial charge in [0.15, 0.2) is 0 Å². The van der Waals surface area contributed by atoms with Crippen LogP contribution in [0.25, 0.3) is 0 Å². The van der Waals surface area contributed by atoms with Gasteiger partial charge in [0.25, 0.3) is 0 Å². The van der Waals surface area contributed by atoms with Gasteiger partial charge in [-0.1, -0.05) is 12.1 Å². The minimum absolute atomic E-state index is 0.115. The topological polar surface area (TPSA) is 44.4 Å². The number of benzene rings is 1. The van der Waals surface area contributed by atoms with E-state index in [1.807, 2.05) is 19.0 Å². The average molecular weight is 261 g/mol. The van der Waals surface area contributed by atoms with Crippen molar-refractivity contribution in [1.29, 1.82) is 0 Å². The Labute approximate surface area is 115 Å². The molecule has 0 radical (unpaired) electrons. The zero-order valence-corrected chi connectivity index (χ0v) is 12.0. The number of nitrogens with zero attached hydrogens (tertiary/aromatic N) is 1. The molecule has 0 saturated heterocycles. The van der Waals surface area contributed by atoms with E-state index in [2.05, 4.69) is 35.8 Å². The molecule has 1 aromatic carbocycles. The van der Waals surface area contributed by atoms with Crippen LogP contribution in [0.2, 0.25) is 0 Å². The first-order chi connectivity index (χ1) is 9.10. The van der Waals surface area contributed by atoms with Crippen molar-refractivity contribution in [2.75, 3.05) is 25.5 Å². The summed E-state index contributed by atoms with van der Waals surface area (Å²) >= 11 is 0. The number of anilines is 1. The lowest BCUT2D eigenvalue weighted by atomic mass is 10.1. The van der Waals surface area contributed by atoms with Crippen molar-refractivity contribution in [3.63, 3.8) is 0 Å². The molecule has 4 heteroatoms. The molecule has 0 aromatic heterocycles. The Morgan fingerprint density at radius 3 is 2.74 bits per heavy atom. The van der Waals surface area contributed by atoms with Crippen LogP contribution in [-0.2, 0) is 11.3 Å². The molecule has 0 spiro atoms. The molecule has 0 bridgehead atoms. The second-order valence-corrected chi connectivity index (χ2v) is 5.35. The van der Waals surface area contributed by atoms with Gasteiger partial charge in [0.1, 0.15) is 0 Å². The highest BCUT2D eigenvalue weighted by atomic mass is 16.2. The first-order valence-electron chi connectivity index (χ1n) is 6.85. The van der Waals surface area contributed by atoms with Crippen LogP contribution in [0.1, 0.15) is 24.0 Å². The fourth-order valence-corrected chi connectivity index (χ4v) is 2.26. The van der Waals surface area contributed by atoms with Gasteiger partial charge in [0.2, 0.25) is 5.91 Å². The molecule has 2 N–H and O–H groups in total. The largest absolute Gasteiger partial charge is 0.365 e. The van der Waals surface area contributed by atoms with Gasteiger partial charge in [0.05, 0.1) is 6.54 Å².